The van der Waals surface area contributed by atoms with Crippen LogP contribution in [0.15, 0.2) is 71.6 Å². The Morgan fingerprint density at radius 1 is 1.07 bits per heavy atom. The fourth-order valence-corrected chi connectivity index (χ4v) is 6.44. The van der Waals surface area contributed by atoms with E-state index in [0.29, 0.717) is 22.7 Å². The van der Waals surface area contributed by atoms with Gasteiger partial charge in [-0.05, 0) is 61.5 Å². The minimum Gasteiger partial charge on any atom is -0.497 e. The molecule has 0 bridgehead atoms. The molecule has 0 radical (unpaired) electrons. The molecule has 1 aliphatic heterocycles. The Bertz CT molecular complexity index is 1600. The van der Waals surface area contributed by atoms with E-state index >= 15 is 0 Å². The smallest absolute Gasteiger partial charge is 0.321 e. The summed E-state index contributed by atoms with van der Waals surface area (Å²) in [5, 5.41) is 12.8. The van der Waals surface area contributed by atoms with Crippen molar-refractivity contribution < 1.29 is 32.5 Å². The van der Waals surface area contributed by atoms with Crippen molar-refractivity contribution in [2.45, 2.75) is 30.9 Å². The van der Waals surface area contributed by atoms with Gasteiger partial charge >= 0.3 is 6.03 Å². The van der Waals surface area contributed by atoms with E-state index in [9.17, 15) is 18.3 Å². The number of urea groups is 1. The number of rotatable bonds is 7. The Morgan fingerprint density at radius 2 is 1.74 bits per heavy atom. The van der Waals surface area contributed by atoms with Gasteiger partial charge in [-0.2, -0.15) is 4.31 Å². The molecule has 0 aliphatic carbocycles. The number of amides is 2. The quantitative estimate of drug-likeness (QED) is 0.390. The van der Waals surface area contributed by atoms with Gasteiger partial charge in [0.2, 0.25) is 10.0 Å². The minimum absolute atomic E-state index is 0.0248. The summed E-state index contributed by atoms with van der Waals surface area (Å²) in [6.45, 7) is 3.44. The van der Waals surface area contributed by atoms with Crippen LogP contribution in [0.2, 0.25) is 0 Å². The molecule has 228 valence electrons. The Hall–Kier alpha value is -4.24. The number of hydrogen-bond donors (Lipinski definition) is 2. The van der Waals surface area contributed by atoms with Crippen molar-refractivity contribution in [3.05, 3.63) is 77.9 Å². The lowest BCUT2D eigenvalue weighted by atomic mass is 10.0. The van der Waals surface area contributed by atoms with E-state index < -0.39 is 22.2 Å². The lowest BCUT2D eigenvalue weighted by molar-refractivity contribution is 0.0830. The molecule has 0 aromatic heterocycles. The molecule has 0 spiro atoms. The number of carbonyl (C=O) groups is 1. The molecule has 3 atom stereocenters. The number of hydrogen-bond acceptors (Lipinski definition) is 7. The van der Waals surface area contributed by atoms with Gasteiger partial charge in [-0.25, -0.2) is 13.2 Å². The van der Waals surface area contributed by atoms with Crippen LogP contribution in [0.25, 0.3) is 0 Å². The highest BCUT2D eigenvalue weighted by atomic mass is 32.2. The molecule has 3 aromatic rings. The third kappa shape index (κ3) is 7.59. The predicted molar refractivity (Wildman–Crippen MR) is 164 cm³/mol. The SMILES string of the molecule is COc1ccc(C#Cc2ccc3c(c2)O[C@H](CN(C)C(=O)Nc2cccc(OC)c2)[C@H](C)CN([C@H](C)CO)S3(=O)=O)cc1. The van der Waals surface area contributed by atoms with Crippen molar-refractivity contribution in [1.82, 2.24) is 9.21 Å². The Morgan fingerprint density at radius 3 is 2.42 bits per heavy atom. The topological polar surface area (TPSA) is 118 Å². The van der Waals surface area contributed by atoms with Crippen LogP contribution in [-0.2, 0) is 10.0 Å². The number of aliphatic hydroxyl groups is 1. The standard InChI is InChI=1S/C32H37N3O7S/c1-22-19-35(23(2)21-36)43(38,39)31-16-13-25(10-9-24-11-14-27(40-4)15-12-24)17-29(31)42-30(22)20-34(3)32(37)33-26-7-6-8-28(18-26)41-5/h6-8,11-18,22-23,30,36H,19-21H2,1-5H3,(H,33,37)/t22-,23-,30-/m1/s1. The number of fused-ring (bicyclic) bond motifs is 1. The minimum atomic E-state index is -4.01. The first kappa shape index (κ1) is 31.7. The fraction of sp³-hybridized carbons (Fsp3) is 0.344. The number of nitrogens with one attached hydrogen (secondary N) is 1. The third-order valence-electron chi connectivity index (χ3n) is 7.23. The van der Waals surface area contributed by atoms with Gasteiger partial charge in [-0.15, -0.1) is 0 Å². The first-order chi connectivity index (χ1) is 20.5. The fourth-order valence-electron chi connectivity index (χ4n) is 4.61. The zero-order valence-corrected chi connectivity index (χ0v) is 25.7. The summed E-state index contributed by atoms with van der Waals surface area (Å²) in [4.78, 5) is 14.5. The Labute approximate surface area is 253 Å². The second-order valence-electron chi connectivity index (χ2n) is 10.4. The first-order valence-corrected chi connectivity index (χ1v) is 15.3. The highest BCUT2D eigenvalue weighted by Crippen LogP contribution is 2.34. The molecular weight excluding hydrogens is 570 g/mol. The molecule has 43 heavy (non-hydrogen) atoms. The monoisotopic (exact) mass is 607 g/mol. The summed E-state index contributed by atoms with van der Waals surface area (Å²) >= 11 is 0. The van der Waals surface area contributed by atoms with E-state index in [1.54, 1.807) is 64.6 Å². The summed E-state index contributed by atoms with van der Waals surface area (Å²) in [6, 6.07) is 18.0. The second-order valence-corrected chi connectivity index (χ2v) is 12.3. The lowest BCUT2D eigenvalue weighted by Crippen LogP contribution is -2.50. The van der Waals surface area contributed by atoms with Gasteiger partial charge in [0.25, 0.3) is 0 Å². The van der Waals surface area contributed by atoms with Crippen LogP contribution in [0.1, 0.15) is 25.0 Å². The second kappa shape index (κ2) is 13.8. The van der Waals surface area contributed by atoms with Crippen LogP contribution in [0, 0.1) is 17.8 Å². The summed E-state index contributed by atoms with van der Waals surface area (Å²) in [5.41, 5.74) is 1.89. The molecule has 11 heteroatoms. The van der Waals surface area contributed by atoms with E-state index in [-0.39, 0.29) is 42.3 Å². The molecule has 10 nitrogen and oxygen atoms in total. The molecule has 4 rings (SSSR count). The molecular formula is C32H37N3O7S. The van der Waals surface area contributed by atoms with Gasteiger partial charge < -0.3 is 29.5 Å². The van der Waals surface area contributed by atoms with Crippen LogP contribution in [-0.4, -0.2) is 81.9 Å². The molecule has 3 aromatic carbocycles. The van der Waals surface area contributed by atoms with Crippen LogP contribution in [0.4, 0.5) is 10.5 Å². The molecule has 0 saturated heterocycles. The van der Waals surface area contributed by atoms with Gasteiger partial charge in [0.1, 0.15) is 28.2 Å². The highest BCUT2D eigenvalue weighted by molar-refractivity contribution is 7.89. The summed E-state index contributed by atoms with van der Waals surface area (Å²) in [7, 11) is 0.776. The molecule has 1 aliphatic rings. The van der Waals surface area contributed by atoms with Crippen molar-refractivity contribution in [3.8, 4) is 29.1 Å². The number of likely N-dealkylation sites (N-methyl/N-ethyl adjacent to an activating group) is 1. The number of anilines is 1. The number of aliphatic hydroxyl groups excluding tert-OH is 1. The van der Waals surface area contributed by atoms with Gasteiger partial charge in [-0.3, -0.25) is 0 Å². The number of ether oxygens (including phenoxy) is 3. The van der Waals surface area contributed by atoms with E-state index in [1.165, 1.54) is 15.3 Å². The summed E-state index contributed by atoms with van der Waals surface area (Å²) in [6.07, 6.45) is -0.575. The first-order valence-electron chi connectivity index (χ1n) is 13.8. The van der Waals surface area contributed by atoms with Crippen molar-refractivity contribution in [1.29, 1.82) is 0 Å². The Balaban J connectivity index is 1.65. The van der Waals surface area contributed by atoms with E-state index in [4.69, 9.17) is 14.2 Å². The van der Waals surface area contributed by atoms with Crippen LogP contribution < -0.4 is 19.5 Å². The predicted octanol–water partition coefficient (Wildman–Crippen LogP) is 4.04. The zero-order valence-electron chi connectivity index (χ0n) is 24.9. The van der Waals surface area contributed by atoms with Gasteiger partial charge in [0.15, 0.2) is 0 Å². The molecule has 0 fully saturated rings. The number of methoxy groups -OCH3 is 2. The van der Waals surface area contributed by atoms with Crippen molar-refractivity contribution in [2.24, 2.45) is 5.92 Å². The summed E-state index contributed by atoms with van der Waals surface area (Å²) in [5.74, 6) is 7.28. The number of benzene rings is 3. The number of nitrogens with zero attached hydrogens (tertiary/aromatic N) is 2. The normalized spacial score (nSPS) is 18.4. The maximum atomic E-state index is 13.8. The maximum Gasteiger partial charge on any atom is 0.321 e. The summed E-state index contributed by atoms with van der Waals surface area (Å²) < 4.78 is 45.6. The van der Waals surface area contributed by atoms with Gasteiger partial charge in [0, 0.05) is 48.4 Å². The third-order valence-corrected chi connectivity index (χ3v) is 9.25. The highest BCUT2D eigenvalue weighted by Gasteiger charge is 2.38. The number of carbonyl (C=O) groups excluding carboxylic acids is 1. The molecule has 2 N–H and O–H groups in total. The van der Waals surface area contributed by atoms with Gasteiger partial charge in [-0.1, -0.05) is 24.8 Å². The Kier molecular flexibility index (Phi) is 10.2. The van der Waals surface area contributed by atoms with E-state index in [2.05, 4.69) is 17.2 Å². The largest absolute Gasteiger partial charge is 0.497 e. The molecule has 0 unspecified atom stereocenters. The van der Waals surface area contributed by atoms with E-state index in [0.717, 1.165) is 5.56 Å². The average molecular weight is 608 g/mol. The van der Waals surface area contributed by atoms with Crippen LogP contribution >= 0.6 is 0 Å². The van der Waals surface area contributed by atoms with Crippen molar-refractivity contribution >= 4 is 21.7 Å². The maximum absolute atomic E-state index is 13.8. The zero-order chi connectivity index (χ0) is 31.1. The van der Waals surface area contributed by atoms with Crippen molar-refractivity contribution in [3.63, 3.8) is 0 Å². The van der Waals surface area contributed by atoms with Gasteiger partial charge in [0.05, 0.1) is 27.4 Å². The molecule has 0 saturated carbocycles. The van der Waals surface area contributed by atoms with E-state index in [1.807, 2.05) is 31.2 Å². The van der Waals surface area contributed by atoms with Crippen molar-refractivity contribution in [2.75, 3.05) is 46.3 Å². The van der Waals surface area contributed by atoms with Crippen LogP contribution in [0.3, 0.4) is 0 Å². The molecule has 1 heterocycles. The molecule has 2 amide bonds. The average Bonchev–Trinajstić information content (AvgIpc) is 3.01. The lowest BCUT2D eigenvalue weighted by Gasteiger charge is -2.37. The number of sulfonamides is 1. The van der Waals surface area contributed by atoms with Crippen LogP contribution in [0.5, 0.6) is 17.2 Å².